The minimum atomic E-state index is -0.666. The normalized spacial score (nSPS) is 11.7. The van der Waals surface area contributed by atoms with Crippen molar-refractivity contribution in [3.63, 3.8) is 0 Å². The van der Waals surface area contributed by atoms with Gasteiger partial charge in [0.15, 0.2) is 6.61 Å². The molecule has 0 unspecified atom stereocenters. The first-order chi connectivity index (χ1) is 14.7. The van der Waals surface area contributed by atoms with Crippen LogP contribution in [0, 0.1) is 13.8 Å². The van der Waals surface area contributed by atoms with Crippen molar-refractivity contribution < 1.29 is 14.3 Å². The third-order valence-electron chi connectivity index (χ3n) is 5.03. The van der Waals surface area contributed by atoms with E-state index in [1.54, 1.807) is 25.1 Å². The molecule has 0 aliphatic rings. The van der Waals surface area contributed by atoms with Crippen LogP contribution >= 0.6 is 23.2 Å². The van der Waals surface area contributed by atoms with Crippen molar-refractivity contribution in [3.05, 3.63) is 63.1 Å². The van der Waals surface area contributed by atoms with Gasteiger partial charge < -0.3 is 15.0 Å². The zero-order valence-electron chi connectivity index (χ0n) is 18.5. The van der Waals surface area contributed by atoms with Crippen molar-refractivity contribution in [2.45, 2.75) is 53.1 Å². The van der Waals surface area contributed by atoms with Gasteiger partial charge in [0, 0.05) is 13.1 Å². The lowest BCUT2D eigenvalue weighted by Crippen LogP contribution is -2.49. The maximum Gasteiger partial charge on any atom is 0.261 e. The Morgan fingerprint density at radius 1 is 1.10 bits per heavy atom. The van der Waals surface area contributed by atoms with Gasteiger partial charge in [-0.05, 0) is 62.1 Å². The van der Waals surface area contributed by atoms with Gasteiger partial charge in [0.05, 0.1) is 10.0 Å². The minimum absolute atomic E-state index is 0.168. The van der Waals surface area contributed by atoms with Crippen LogP contribution in [0.15, 0.2) is 36.4 Å². The molecule has 0 radical (unpaired) electrons. The summed E-state index contributed by atoms with van der Waals surface area (Å²) in [4.78, 5) is 27.3. The van der Waals surface area contributed by atoms with E-state index in [2.05, 4.69) is 12.2 Å². The highest BCUT2D eigenvalue weighted by Gasteiger charge is 2.26. The maximum absolute atomic E-state index is 13.1. The van der Waals surface area contributed by atoms with Crippen LogP contribution in [-0.4, -0.2) is 35.9 Å². The monoisotopic (exact) mass is 464 g/mol. The van der Waals surface area contributed by atoms with Crippen molar-refractivity contribution in [2.24, 2.45) is 0 Å². The summed E-state index contributed by atoms with van der Waals surface area (Å²) < 4.78 is 5.80. The Bertz CT molecular complexity index is 918. The second-order valence-corrected chi connectivity index (χ2v) is 8.46. The second-order valence-electron chi connectivity index (χ2n) is 7.65. The molecule has 0 aromatic heterocycles. The summed E-state index contributed by atoms with van der Waals surface area (Å²) in [6.07, 6.45) is 1.86. The van der Waals surface area contributed by atoms with Crippen molar-refractivity contribution in [2.75, 3.05) is 13.2 Å². The molecule has 7 heteroatoms. The molecule has 1 atom stereocenters. The standard InChI is InChI=1S/C24H30Cl2N2O3/c1-5-6-11-27-24(30)18(4)28(14-19-9-10-20(25)21(26)13-19)23(29)15-31-22-12-16(2)7-8-17(22)3/h7-10,12-13,18H,5-6,11,14-15H2,1-4H3,(H,27,30)/t18-/m1/s1. The lowest BCUT2D eigenvalue weighted by Gasteiger charge is -2.29. The highest BCUT2D eigenvalue weighted by Crippen LogP contribution is 2.24. The first kappa shape index (κ1) is 25.0. The van der Waals surface area contributed by atoms with Gasteiger partial charge in [-0.25, -0.2) is 0 Å². The summed E-state index contributed by atoms with van der Waals surface area (Å²) in [5, 5.41) is 3.73. The fraction of sp³-hybridized carbons (Fsp3) is 0.417. The number of nitrogens with zero attached hydrogens (tertiary/aromatic N) is 1. The van der Waals surface area contributed by atoms with E-state index in [0.29, 0.717) is 22.3 Å². The van der Waals surface area contributed by atoms with Crippen LogP contribution in [-0.2, 0) is 16.1 Å². The zero-order valence-corrected chi connectivity index (χ0v) is 20.0. The van der Waals surface area contributed by atoms with E-state index in [1.807, 2.05) is 32.0 Å². The number of aryl methyl sites for hydroxylation is 2. The average Bonchev–Trinajstić information content (AvgIpc) is 2.74. The number of carbonyl (C=O) groups is 2. The lowest BCUT2D eigenvalue weighted by atomic mass is 10.1. The molecule has 168 valence electrons. The third kappa shape index (κ3) is 7.44. The van der Waals surface area contributed by atoms with E-state index in [4.69, 9.17) is 27.9 Å². The van der Waals surface area contributed by atoms with Gasteiger partial charge in [0.1, 0.15) is 11.8 Å². The Morgan fingerprint density at radius 2 is 1.84 bits per heavy atom. The summed E-state index contributed by atoms with van der Waals surface area (Å²) in [6.45, 7) is 8.29. The summed E-state index contributed by atoms with van der Waals surface area (Å²) in [6, 6.07) is 10.4. The van der Waals surface area contributed by atoms with Crippen LogP contribution < -0.4 is 10.1 Å². The van der Waals surface area contributed by atoms with E-state index in [-0.39, 0.29) is 25.0 Å². The van der Waals surface area contributed by atoms with Crippen LogP contribution in [0.3, 0.4) is 0 Å². The van der Waals surface area contributed by atoms with Crippen molar-refractivity contribution in [1.82, 2.24) is 10.2 Å². The van der Waals surface area contributed by atoms with Crippen molar-refractivity contribution >= 4 is 35.0 Å². The van der Waals surface area contributed by atoms with E-state index in [9.17, 15) is 9.59 Å². The number of unbranched alkanes of at least 4 members (excludes halogenated alkanes) is 1. The molecular weight excluding hydrogens is 435 g/mol. The lowest BCUT2D eigenvalue weighted by molar-refractivity contribution is -0.142. The molecule has 0 aliphatic heterocycles. The molecule has 0 fully saturated rings. The number of benzene rings is 2. The molecule has 0 spiro atoms. The molecule has 0 bridgehead atoms. The predicted octanol–water partition coefficient (Wildman–Crippen LogP) is 5.32. The van der Waals surface area contributed by atoms with Crippen LogP contribution in [0.4, 0.5) is 0 Å². The van der Waals surface area contributed by atoms with E-state index in [0.717, 1.165) is 29.5 Å². The Labute approximate surface area is 194 Å². The number of halogens is 2. The SMILES string of the molecule is CCCCNC(=O)[C@@H](C)N(Cc1ccc(Cl)c(Cl)c1)C(=O)COc1cc(C)ccc1C. The number of rotatable bonds is 10. The van der Waals surface area contributed by atoms with Gasteiger partial charge in [-0.1, -0.05) is 54.7 Å². The summed E-state index contributed by atoms with van der Waals surface area (Å²) in [5.41, 5.74) is 2.77. The first-order valence-electron chi connectivity index (χ1n) is 10.4. The predicted molar refractivity (Wildman–Crippen MR) is 126 cm³/mol. The summed E-state index contributed by atoms with van der Waals surface area (Å²) >= 11 is 12.1. The molecule has 1 N–H and O–H groups in total. The van der Waals surface area contributed by atoms with Gasteiger partial charge in [0.25, 0.3) is 5.91 Å². The molecule has 0 aliphatic carbocycles. The highest BCUT2D eigenvalue weighted by atomic mass is 35.5. The van der Waals surface area contributed by atoms with Gasteiger partial charge in [0.2, 0.25) is 5.91 Å². The molecule has 0 saturated carbocycles. The number of ether oxygens (including phenoxy) is 1. The molecular formula is C24H30Cl2N2O3. The second kappa shape index (κ2) is 12.0. The largest absolute Gasteiger partial charge is 0.483 e. The smallest absolute Gasteiger partial charge is 0.261 e. The maximum atomic E-state index is 13.1. The topological polar surface area (TPSA) is 58.6 Å². The Hall–Kier alpha value is -2.24. The fourth-order valence-corrected chi connectivity index (χ4v) is 3.36. The van der Waals surface area contributed by atoms with Crippen LogP contribution in [0.2, 0.25) is 10.0 Å². The third-order valence-corrected chi connectivity index (χ3v) is 5.77. The molecule has 2 rings (SSSR count). The Morgan fingerprint density at radius 3 is 2.52 bits per heavy atom. The van der Waals surface area contributed by atoms with Gasteiger partial charge in [-0.2, -0.15) is 0 Å². The van der Waals surface area contributed by atoms with Crippen LogP contribution in [0.1, 0.15) is 43.4 Å². The van der Waals surface area contributed by atoms with Crippen LogP contribution in [0.5, 0.6) is 5.75 Å². The fourth-order valence-electron chi connectivity index (χ4n) is 3.04. The first-order valence-corrected chi connectivity index (χ1v) is 11.2. The number of hydrogen-bond acceptors (Lipinski definition) is 3. The van der Waals surface area contributed by atoms with Crippen molar-refractivity contribution in [3.8, 4) is 5.75 Å². The van der Waals surface area contributed by atoms with Gasteiger partial charge in [-0.15, -0.1) is 0 Å². The van der Waals surface area contributed by atoms with E-state index < -0.39 is 6.04 Å². The molecule has 2 amide bonds. The minimum Gasteiger partial charge on any atom is -0.483 e. The number of carbonyl (C=O) groups excluding carboxylic acids is 2. The highest BCUT2D eigenvalue weighted by molar-refractivity contribution is 6.42. The molecule has 0 heterocycles. The number of nitrogens with one attached hydrogen (secondary N) is 1. The number of hydrogen-bond donors (Lipinski definition) is 1. The van der Waals surface area contributed by atoms with Crippen LogP contribution in [0.25, 0.3) is 0 Å². The molecule has 0 saturated heterocycles. The Balaban J connectivity index is 2.18. The van der Waals surface area contributed by atoms with Crippen molar-refractivity contribution in [1.29, 1.82) is 0 Å². The molecule has 5 nitrogen and oxygen atoms in total. The van der Waals surface area contributed by atoms with Gasteiger partial charge in [-0.3, -0.25) is 9.59 Å². The van der Waals surface area contributed by atoms with E-state index in [1.165, 1.54) is 4.90 Å². The molecule has 2 aromatic rings. The average molecular weight is 465 g/mol. The zero-order chi connectivity index (χ0) is 23.0. The van der Waals surface area contributed by atoms with Gasteiger partial charge >= 0.3 is 0 Å². The molecule has 31 heavy (non-hydrogen) atoms. The Kier molecular flexibility index (Phi) is 9.66. The number of amides is 2. The molecule has 2 aromatic carbocycles. The quantitative estimate of drug-likeness (QED) is 0.483. The summed E-state index contributed by atoms with van der Waals surface area (Å²) in [5.74, 6) is 0.168. The van der Waals surface area contributed by atoms with E-state index >= 15 is 0 Å². The summed E-state index contributed by atoms with van der Waals surface area (Å²) in [7, 11) is 0.